The number of carbonyl (C=O) groups is 1. The lowest BCUT2D eigenvalue weighted by molar-refractivity contribution is 0.115. The average Bonchev–Trinajstić information content (AvgIpc) is 2.82. The highest BCUT2D eigenvalue weighted by molar-refractivity contribution is 5.63. The number of rotatable bonds is 3. The molecule has 1 saturated heterocycles. The lowest BCUT2D eigenvalue weighted by Gasteiger charge is -2.14. The van der Waals surface area contributed by atoms with Crippen LogP contribution in [-0.2, 0) is 15.9 Å². The molecule has 0 N–H and O–H groups in total. The van der Waals surface area contributed by atoms with Gasteiger partial charge in [-0.2, -0.15) is 0 Å². The van der Waals surface area contributed by atoms with Crippen LogP contribution < -0.4 is 0 Å². The molecule has 96 valence electrons. The quantitative estimate of drug-likeness (QED) is 0.791. The summed E-state index contributed by atoms with van der Waals surface area (Å²) in [6, 6.07) is 15.4. The standard InChI is InChI=1S/C15H13NO3/c17-15-18-13(10-11-6-2-1-3-7-11)14(19-15)12-8-4-5-9-16-12/h1-9,13-14H,10H2/t13-,14-/m0/s1. The summed E-state index contributed by atoms with van der Waals surface area (Å²) in [6.07, 6.45) is 0.907. The van der Waals surface area contributed by atoms with Gasteiger partial charge in [-0.3, -0.25) is 4.98 Å². The van der Waals surface area contributed by atoms with E-state index in [1.807, 2.05) is 48.5 Å². The Kier molecular flexibility index (Phi) is 3.14. The topological polar surface area (TPSA) is 48.4 Å². The molecular formula is C15H13NO3. The molecule has 0 aliphatic carbocycles. The van der Waals surface area contributed by atoms with Crippen molar-refractivity contribution < 1.29 is 14.3 Å². The Morgan fingerprint density at radius 3 is 2.53 bits per heavy atom. The lowest BCUT2D eigenvalue weighted by Crippen LogP contribution is -2.19. The summed E-state index contributed by atoms with van der Waals surface area (Å²) in [5.74, 6) is 0. The van der Waals surface area contributed by atoms with Crippen molar-refractivity contribution >= 4 is 6.16 Å². The van der Waals surface area contributed by atoms with Crippen molar-refractivity contribution in [2.24, 2.45) is 0 Å². The highest BCUT2D eigenvalue weighted by Gasteiger charge is 2.38. The fourth-order valence-corrected chi connectivity index (χ4v) is 2.18. The third-order valence-corrected chi connectivity index (χ3v) is 3.07. The van der Waals surface area contributed by atoms with Crippen LogP contribution in [0.25, 0.3) is 0 Å². The van der Waals surface area contributed by atoms with Crippen LogP contribution in [0.15, 0.2) is 54.7 Å². The maximum atomic E-state index is 11.4. The first-order chi connectivity index (χ1) is 9.33. The van der Waals surface area contributed by atoms with E-state index in [4.69, 9.17) is 9.47 Å². The van der Waals surface area contributed by atoms with Crippen LogP contribution in [0.3, 0.4) is 0 Å². The van der Waals surface area contributed by atoms with E-state index in [2.05, 4.69) is 4.98 Å². The molecule has 1 aromatic heterocycles. The van der Waals surface area contributed by atoms with E-state index in [1.165, 1.54) is 0 Å². The van der Waals surface area contributed by atoms with Crippen molar-refractivity contribution in [1.82, 2.24) is 4.98 Å². The van der Waals surface area contributed by atoms with E-state index >= 15 is 0 Å². The van der Waals surface area contributed by atoms with Crippen LogP contribution in [-0.4, -0.2) is 17.2 Å². The van der Waals surface area contributed by atoms with Crippen molar-refractivity contribution in [2.75, 3.05) is 0 Å². The van der Waals surface area contributed by atoms with Crippen molar-refractivity contribution in [3.8, 4) is 0 Å². The molecule has 2 heterocycles. The summed E-state index contributed by atoms with van der Waals surface area (Å²) in [7, 11) is 0. The Hall–Kier alpha value is -2.36. The number of pyridine rings is 1. The van der Waals surface area contributed by atoms with Gasteiger partial charge in [0.05, 0.1) is 5.69 Å². The van der Waals surface area contributed by atoms with E-state index in [0.717, 1.165) is 5.56 Å². The number of hydrogen-bond acceptors (Lipinski definition) is 4. The molecule has 0 amide bonds. The molecule has 0 bridgehead atoms. The molecule has 0 unspecified atom stereocenters. The predicted octanol–water partition coefficient (Wildman–Crippen LogP) is 2.90. The van der Waals surface area contributed by atoms with E-state index in [0.29, 0.717) is 12.1 Å². The molecule has 1 aliphatic heterocycles. The molecule has 2 aromatic rings. The van der Waals surface area contributed by atoms with Crippen LogP contribution in [0, 0.1) is 0 Å². The van der Waals surface area contributed by atoms with E-state index in [-0.39, 0.29) is 6.10 Å². The molecule has 2 atom stereocenters. The smallest absolute Gasteiger partial charge is 0.426 e. The van der Waals surface area contributed by atoms with Gasteiger partial charge in [-0.05, 0) is 17.7 Å². The van der Waals surface area contributed by atoms with Gasteiger partial charge in [-0.1, -0.05) is 36.4 Å². The zero-order chi connectivity index (χ0) is 13.1. The minimum absolute atomic E-state index is 0.329. The summed E-state index contributed by atoms with van der Waals surface area (Å²) in [6.45, 7) is 0. The van der Waals surface area contributed by atoms with Crippen LogP contribution in [0.5, 0.6) is 0 Å². The number of aromatic nitrogens is 1. The number of cyclic esters (lactones) is 2. The van der Waals surface area contributed by atoms with Crippen LogP contribution in [0.1, 0.15) is 17.4 Å². The number of ether oxygens (including phenoxy) is 2. The summed E-state index contributed by atoms with van der Waals surface area (Å²) in [5.41, 5.74) is 1.82. The summed E-state index contributed by atoms with van der Waals surface area (Å²) in [5, 5.41) is 0. The first kappa shape index (κ1) is 11.7. The van der Waals surface area contributed by atoms with Gasteiger partial charge in [0.2, 0.25) is 0 Å². The molecule has 1 aromatic carbocycles. The Bertz CT molecular complexity index is 556. The molecule has 4 heteroatoms. The molecular weight excluding hydrogens is 242 g/mol. The largest absolute Gasteiger partial charge is 0.509 e. The number of hydrogen-bond donors (Lipinski definition) is 0. The van der Waals surface area contributed by atoms with E-state index < -0.39 is 12.3 Å². The molecule has 0 saturated carbocycles. The third-order valence-electron chi connectivity index (χ3n) is 3.07. The van der Waals surface area contributed by atoms with E-state index in [9.17, 15) is 4.79 Å². The minimum Gasteiger partial charge on any atom is -0.426 e. The fourth-order valence-electron chi connectivity index (χ4n) is 2.18. The first-order valence-corrected chi connectivity index (χ1v) is 6.15. The SMILES string of the molecule is O=C1O[C@@H](Cc2ccccc2)[C@H](c2ccccn2)O1. The average molecular weight is 255 g/mol. The highest BCUT2D eigenvalue weighted by atomic mass is 16.8. The number of benzene rings is 1. The van der Waals surface area contributed by atoms with Gasteiger partial charge in [-0.25, -0.2) is 4.79 Å². The van der Waals surface area contributed by atoms with Crippen molar-refractivity contribution in [1.29, 1.82) is 0 Å². The Labute approximate surface area is 111 Å². The van der Waals surface area contributed by atoms with Crippen molar-refractivity contribution in [3.05, 3.63) is 66.0 Å². The van der Waals surface area contributed by atoms with Gasteiger partial charge in [0.15, 0.2) is 12.2 Å². The second kappa shape index (κ2) is 5.10. The Morgan fingerprint density at radius 1 is 1.00 bits per heavy atom. The Morgan fingerprint density at radius 2 is 1.79 bits per heavy atom. The summed E-state index contributed by atoms with van der Waals surface area (Å²) in [4.78, 5) is 15.6. The van der Waals surface area contributed by atoms with Gasteiger partial charge in [0, 0.05) is 12.6 Å². The first-order valence-electron chi connectivity index (χ1n) is 6.15. The zero-order valence-electron chi connectivity index (χ0n) is 10.2. The second-order valence-electron chi connectivity index (χ2n) is 4.39. The van der Waals surface area contributed by atoms with Crippen LogP contribution in [0.2, 0.25) is 0 Å². The molecule has 0 spiro atoms. The lowest BCUT2D eigenvalue weighted by atomic mass is 10.0. The van der Waals surface area contributed by atoms with Gasteiger partial charge in [0.1, 0.15) is 0 Å². The number of nitrogens with zero attached hydrogens (tertiary/aromatic N) is 1. The van der Waals surface area contributed by atoms with Crippen molar-refractivity contribution in [2.45, 2.75) is 18.6 Å². The fraction of sp³-hybridized carbons (Fsp3) is 0.200. The molecule has 0 radical (unpaired) electrons. The molecule has 3 rings (SSSR count). The molecule has 1 fully saturated rings. The maximum Gasteiger partial charge on any atom is 0.509 e. The molecule has 1 aliphatic rings. The van der Waals surface area contributed by atoms with Gasteiger partial charge in [-0.15, -0.1) is 0 Å². The van der Waals surface area contributed by atoms with Gasteiger partial charge >= 0.3 is 6.16 Å². The summed E-state index contributed by atoms with van der Waals surface area (Å²) < 4.78 is 10.4. The molecule has 4 nitrogen and oxygen atoms in total. The monoisotopic (exact) mass is 255 g/mol. The predicted molar refractivity (Wildman–Crippen MR) is 68.5 cm³/mol. The Balaban J connectivity index is 1.81. The van der Waals surface area contributed by atoms with Gasteiger partial charge < -0.3 is 9.47 Å². The maximum absolute atomic E-state index is 11.4. The summed E-state index contributed by atoms with van der Waals surface area (Å²) >= 11 is 0. The van der Waals surface area contributed by atoms with Gasteiger partial charge in [0.25, 0.3) is 0 Å². The van der Waals surface area contributed by atoms with Crippen molar-refractivity contribution in [3.63, 3.8) is 0 Å². The highest BCUT2D eigenvalue weighted by Crippen LogP contribution is 2.30. The van der Waals surface area contributed by atoms with Crippen LogP contribution in [0.4, 0.5) is 4.79 Å². The third kappa shape index (κ3) is 2.57. The molecule has 19 heavy (non-hydrogen) atoms. The minimum atomic E-state index is -0.628. The normalized spacial score (nSPS) is 21.8. The van der Waals surface area contributed by atoms with Crippen LogP contribution >= 0.6 is 0 Å². The second-order valence-corrected chi connectivity index (χ2v) is 4.39. The number of carbonyl (C=O) groups excluding carboxylic acids is 1. The zero-order valence-corrected chi connectivity index (χ0v) is 10.2. The van der Waals surface area contributed by atoms with E-state index in [1.54, 1.807) is 6.20 Å².